The van der Waals surface area contributed by atoms with Crippen LogP contribution in [-0.2, 0) is 0 Å². The van der Waals surface area contributed by atoms with E-state index in [2.05, 4.69) is 41.2 Å². The number of nitrogens with one attached hydrogen (secondary N) is 2. The van der Waals surface area contributed by atoms with Gasteiger partial charge in [-0.1, -0.05) is 19.1 Å². The average Bonchev–Trinajstić information content (AvgIpc) is 3.54. The molecule has 8 nitrogen and oxygen atoms in total. The van der Waals surface area contributed by atoms with Crippen LogP contribution in [0.4, 0.5) is 17.3 Å². The fraction of sp³-hybridized carbons (Fsp3) is 0.581. The summed E-state index contributed by atoms with van der Waals surface area (Å²) in [5.41, 5.74) is 2.56. The van der Waals surface area contributed by atoms with E-state index in [9.17, 15) is 14.7 Å². The molecule has 1 amide bonds. The Morgan fingerprint density at radius 1 is 1.05 bits per heavy atom. The van der Waals surface area contributed by atoms with Gasteiger partial charge >= 0.3 is 0 Å². The summed E-state index contributed by atoms with van der Waals surface area (Å²) in [6.07, 6.45) is 5.75. The van der Waals surface area contributed by atoms with Crippen molar-refractivity contribution >= 4 is 29.0 Å². The first kappa shape index (κ1) is 29.0. The van der Waals surface area contributed by atoms with Crippen LogP contribution < -0.4 is 20.4 Å². The average molecular weight is 536 g/mol. The largest absolute Gasteiger partial charge is 0.391 e. The number of Topliss-reactive ketones (excluding diaryl/α,β-unsaturated/α-hetero) is 1. The monoisotopic (exact) mass is 535 g/mol. The summed E-state index contributed by atoms with van der Waals surface area (Å²) < 4.78 is 0. The molecule has 1 aliphatic carbocycles. The smallest absolute Gasteiger partial charge is 0.259 e. The van der Waals surface area contributed by atoms with E-state index in [1.165, 1.54) is 12.8 Å². The number of aromatic nitrogens is 1. The van der Waals surface area contributed by atoms with Gasteiger partial charge < -0.3 is 25.5 Å². The van der Waals surface area contributed by atoms with Crippen LogP contribution in [-0.4, -0.2) is 66.7 Å². The van der Waals surface area contributed by atoms with Gasteiger partial charge in [-0.2, -0.15) is 0 Å². The highest BCUT2D eigenvalue weighted by Crippen LogP contribution is 2.54. The Kier molecular flexibility index (Phi) is 8.96. The summed E-state index contributed by atoms with van der Waals surface area (Å²) in [6, 6.07) is 10.8. The predicted octanol–water partition coefficient (Wildman–Crippen LogP) is 4.88. The van der Waals surface area contributed by atoms with Gasteiger partial charge in [-0.05, 0) is 89.6 Å². The van der Waals surface area contributed by atoms with Gasteiger partial charge in [0, 0.05) is 49.4 Å². The lowest BCUT2D eigenvalue weighted by atomic mass is 9.93. The maximum Gasteiger partial charge on any atom is 0.259 e. The van der Waals surface area contributed by atoms with Gasteiger partial charge in [0.25, 0.3) is 5.91 Å². The normalized spacial score (nSPS) is 19.9. The first-order valence-corrected chi connectivity index (χ1v) is 14.3. The molecule has 212 valence electrons. The van der Waals surface area contributed by atoms with E-state index in [-0.39, 0.29) is 17.8 Å². The van der Waals surface area contributed by atoms with Gasteiger partial charge in [0.1, 0.15) is 11.6 Å². The van der Waals surface area contributed by atoms with E-state index in [4.69, 9.17) is 4.98 Å². The molecule has 2 saturated heterocycles. The number of anilines is 3. The number of aliphatic hydroxyl groups excluding tert-OH is 1. The van der Waals surface area contributed by atoms with Crippen molar-refractivity contribution in [3.63, 3.8) is 0 Å². The standard InChI is InChI=1S/C26H32N4O3.C5H13N/c1-2-22(32)18-4-3-5-19(16-18)27-25(33)21-6-7-23(30-13-8-20(31)17-30)28-24(21)29-14-11-26(9-10-26)12-15-29;1-5(2,3)6-4/h3-7,16,20,31H,2,8-15,17H2,1H3,(H,27,33);6H,1-4H3. The van der Waals surface area contributed by atoms with Gasteiger partial charge in [0.15, 0.2) is 5.78 Å². The zero-order valence-electron chi connectivity index (χ0n) is 24.2. The number of hydrogen-bond donors (Lipinski definition) is 3. The summed E-state index contributed by atoms with van der Waals surface area (Å²) in [5.74, 6) is 1.34. The van der Waals surface area contributed by atoms with Crippen molar-refractivity contribution in [2.45, 2.75) is 77.9 Å². The van der Waals surface area contributed by atoms with E-state index in [1.807, 2.05) is 26.1 Å². The van der Waals surface area contributed by atoms with Gasteiger partial charge in [-0.25, -0.2) is 4.98 Å². The summed E-state index contributed by atoms with van der Waals surface area (Å²) >= 11 is 0. The fourth-order valence-corrected chi connectivity index (χ4v) is 5.03. The SMILES string of the molecule is CCC(=O)c1cccc(NC(=O)c2ccc(N3CCC(O)C3)nc2N2CCC3(CC2)CC3)c1.CNC(C)(C)C. The van der Waals surface area contributed by atoms with Gasteiger partial charge in [-0.15, -0.1) is 0 Å². The molecule has 1 aromatic heterocycles. The van der Waals surface area contributed by atoms with Crippen LogP contribution in [0.1, 0.15) is 86.9 Å². The van der Waals surface area contributed by atoms with Gasteiger partial charge in [-0.3, -0.25) is 9.59 Å². The minimum atomic E-state index is -0.332. The molecule has 1 unspecified atom stereocenters. The number of β-amino-alcohol motifs (C(OH)–C–C–N with tert-alkyl or cyclic N) is 1. The molecule has 3 aliphatic rings. The van der Waals surface area contributed by atoms with Crippen molar-refractivity contribution in [3.8, 4) is 0 Å². The third kappa shape index (κ3) is 7.57. The number of ketones is 1. The van der Waals surface area contributed by atoms with Crippen molar-refractivity contribution in [2.75, 3.05) is 48.3 Å². The van der Waals surface area contributed by atoms with Crippen molar-refractivity contribution in [1.82, 2.24) is 10.3 Å². The Balaban J connectivity index is 0.000000531. The highest BCUT2D eigenvalue weighted by molar-refractivity contribution is 6.08. The van der Waals surface area contributed by atoms with Crippen molar-refractivity contribution in [1.29, 1.82) is 0 Å². The zero-order chi connectivity index (χ0) is 28.2. The Morgan fingerprint density at radius 2 is 1.74 bits per heavy atom. The lowest BCUT2D eigenvalue weighted by Crippen LogP contribution is -2.37. The lowest BCUT2D eigenvalue weighted by molar-refractivity contribution is 0.0985. The number of amides is 1. The summed E-state index contributed by atoms with van der Waals surface area (Å²) in [4.78, 5) is 34.7. The van der Waals surface area contributed by atoms with Crippen LogP contribution >= 0.6 is 0 Å². The maximum absolute atomic E-state index is 13.3. The number of piperidine rings is 1. The number of nitrogens with zero attached hydrogens (tertiary/aromatic N) is 3. The summed E-state index contributed by atoms with van der Waals surface area (Å²) in [7, 11) is 1.96. The zero-order valence-corrected chi connectivity index (χ0v) is 24.2. The second-order valence-electron chi connectivity index (χ2n) is 12.2. The molecular weight excluding hydrogens is 490 g/mol. The van der Waals surface area contributed by atoms with Gasteiger partial charge in [0.2, 0.25) is 0 Å². The minimum absolute atomic E-state index is 0.0490. The molecule has 0 bridgehead atoms. The molecule has 3 heterocycles. The van der Waals surface area contributed by atoms with Crippen LogP contribution in [0.5, 0.6) is 0 Å². The number of aliphatic hydroxyl groups is 1. The number of hydrogen-bond acceptors (Lipinski definition) is 7. The Morgan fingerprint density at radius 3 is 2.31 bits per heavy atom. The molecule has 1 saturated carbocycles. The third-order valence-electron chi connectivity index (χ3n) is 8.19. The fourth-order valence-electron chi connectivity index (χ4n) is 5.03. The van der Waals surface area contributed by atoms with E-state index in [0.29, 0.717) is 46.6 Å². The molecule has 3 N–H and O–H groups in total. The number of carbonyl (C=O) groups excluding carboxylic acids is 2. The highest BCUT2D eigenvalue weighted by Gasteiger charge is 2.45. The van der Waals surface area contributed by atoms with E-state index >= 15 is 0 Å². The highest BCUT2D eigenvalue weighted by atomic mass is 16.3. The quantitative estimate of drug-likeness (QED) is 0.454. The molecule has 3 fully saturated rings. The predicted molar refractivity (Wildman–Crippen MR) is 158 cm³/mol. The number of carbonyl (C=O) groups is 2. The molecule has 1 aromatic carbocycles. The molecule has 39 heavy (non-hydrogen) atoms. The van der Waals surface area contributed by atoms with E-state index in [1.54, 1.807) is 24.3 Å². The molecule has 8 heteroatoms. The number of pyridine rings is 1. The van der Waals surface area contributed by atoms with Crippen LogP contribution in [0, 0.1) is 5.41 Å². The Bertz CT molecular complexity index is 1160. The molecule has 1 atom stereocenters. The molecule has 5 rings (SSSR count). The Labute approximate surface area is 233 Å². The van der Waals surface area contributed by atoms with Crippen LogP contribution in [0.3, 0.4) is 0 Å². The first-order chi connectivity index (χ1) is 18.5. The van der Waals surface area contributed by atoms with Crippen molar-refractivity contribution in [3.05, 3.63) is 47.5 Å². The topological polar surface area (TPSA) is 97.8 Å². The van der Waals surface area contributed by atoms with Crippen molar-refractivity contribution in [2.24, 2.45) is 5.41 Å². The number of rotatable bonds is 6. The lowest BCUT2D eigenvalue weighted by Gasteiger charge is -2.34. The molecular formula is C31H45N5O3. The van der Waals surface area contributed by atoms with Crippen LogP contribution in [0.15, 0.2) is 36.4 Å². The molecule has 1 spiro atoms. The second-order valence-corrected chi connectivity index (χ2v) is 12.2. The van der Waals surface area contributed by atoms with Gasteiger partial charge in [0.05, 0.1) is 11.7 Å². The maximum atomic E-state index is 13.3. The third-order valence-corrected chi connectivity index (χ3v) is 8.19. The van der Waals surface area contributed by atoms with E-state index in [0.717, 1.165) is 44.7 Å². The van der Waals surface area contributed by atoms with Crippen molar-refractivity contribution < 1.29 is 14.7 Å². The van der Waals surface area contributed by atoms with E-state index < -0.39 is 0 Å². The van der Waals surface area contributed by atoms with Crippen LogP contribution in [0.2, 0.25) is 0 Å². The summed E-state index contributed by atoms with van der Waals surface area (Å²) in [5, 5.41) is 16.0. The minimum Gasteiger partial charge on any atom is -0.391 e. The molecule has 0 radical (unpaired) electrons. The molecule has 2 aromatic rings. The van der Waals surface area contributed by atoms with Crippen LogP contribution in [0.25, 0.3) is 0 Å². The molecule has 2 aliphatic heterocycles. The summed E-state index contributed by atoms with van der Waals surface area (Å²) in [6.45, 7) is 11.4. The number of benzene rings is 1. The first-order valence-electron chi connectivity index (χ1n) is 14.3. The Hall–Kier alpha value is -2.97. The second kappa shape index (κ2) is 12.0.